The maximum Gasteiger partial charge on any atom is 0.0476 e. The lowest BCUT2D eigenvalue weighted by Crippen LogP contribution is -2.17. The summed E-state index contributed by atoms with van der Waals surface area (Å²) < 4.78 is 6.49. The van der Waals surface area contributed by atoms with Crippen LogP contribution in [0.15, 0.2) is 27.6 Å². The van der Waals surface area contributed by atoms with Gasteiger partial charge in [-0.1, -0.05) is 22.0 Å². The Labute approximate surface area is 115 Å². The Bertz CT molecular complexity index is 378. The molecule has 0 aliphatic carbocycles. The Morgan fingerprint density at radius 2 is 2.12 bits per heavy atom. The average Bonchev–Trinajstić information content (AvgIpc) is 2.30. The fourth-order valence-electron chi connectivity index (χ4n) is 1.94. The maximum atomic E-state index is 5.90. The highest BCUT2D eigenvalue weighted by Crippen LogP contribution is 2.33. The average molecular weight is 316 g/mol. The lowest BCUT2D eigenvalue weighted by molar-refractivity contribution is 0.100. The second-order valence-electron chi connectivity index (χ2n) is 4.40. The molecule has 0 aromatic heterocycles. The minimum atomic E-state index is 0.0755. The molecule has 2 nitrogen and oxygen atoms in total. The van der Waals surface area contributed by atoms with Crippen LogP contribution in [0, 0.1) is 0 Å². The molecule has 1 atom stereocenters. The second kappa shape index (κ2) is 6.23. The summed E-state index contributed by atoms with van der Waals surface area (Å²) in [7, 11) is 0. The first-order valence-corrected chi connectivity index (χ1v) is 7.63. The van der Waals surface area contributed by atoms with Crippen molar-refractivity contribution in [2.75, 3.05) is 13.2 Å². The largest absolute Gasteiger partial charge is 0.381 e. The summed E-state index contributed by atoms with van der Waals surface area (Å²) in [5, 5.41) is 0.691. The van der Waals surface area contributed by atoms with Gasteiger partial charge in [0.05, 0.1) is 0 Å². The van der Waals surface area contributed by atoms with Crippen LogP contribution in [0.4, 0.5) is 0 Å². The van der Waals surface area contributed by atoms with E-state index in [2.05, 4.69) is 34.1 Å². The molecule has 1 heterocycles. The number of benzene rings is 1. The number of halogens is 1. The minimum Gasteiger partial charge on any atom is -0.381 e. The van der Waals surface area contributed by atoms with E-state index < -0.39 is 0 Å². The molecule has 17 heavy (non-hydrogen) atoms. The number of thioether (sulfide) groups is 1. The van der Waals surface area contributed by atoms with E-state index in [1.807, 2.05) is 18.7 Å². The van der Waals surface area contributed by atoms with Crippen molar-refractivity contribution in [2.24, 2.45) is 5.73 Å². The lowest BCUT2D eigenvalue weighted by atomic mass is 10.1. The van der Waals surface area contributed by atoms with E-state index in [1.165, 1.54) is 10.5 Å². The van der Waals surface area contributed by atoms with Gasteiger partial charge in [-0.15, -0.1) is 11.8 Å². The summed E-state index contributed by atoms with van der Waals surface area (Å²) in [6.07, 6.45) is 2.30. The monoisotopic (exact) mass is 315 g/mol. The van der Waals surface area contributed by atoms with Crippen LogP contribution in [0.1, 0.15) is 31.4 Å². The van der Waals surface area contributed by atoms with Crippen molar-refractivity contribution in [2.45, 2.75) is 36.0 Å². The molecule has 1 saturated heterocycles. The number of hydrogen-bond acceptors (Lipinski definition) is 3. The fourth-order valence-corrected chi connectivity index (χ4v) is 3.97. The van der Waals surface area contributed by atoms with E-state index in [9.17, 15) is 0 Å². The van der Waals surface area contributed by atoms with Crippen LogP contribution in [-0.4, -0.2) is 18.5 Å². The number of rotatable bonds is 3. The molecule has 2 N–H and O–H groups in total. The van der Waals surface area contributed by atoms with Crippen molar-refractivity contribution >= 4 is 27.7 Å². The summed E-state index contributed by atoms with van der Waals surface area (Å²) in [5.41, 5.74) is 7.06. The van der Waals surface area contributed by atoms with Crippen LogP contribution in [0.3, 0.4) is 0 Å². The molecule has 0 unspecified atom stereocenters. The lowest BCUT2D eigenvalue weighted by Gasteiger charge is -2.21. The zero-order valence-corrected chi connectivity index (χ0v) is 12.4. The third-order valence-electron chi connectivity index (χ3n) is 2.93. The van der Waals surface area contributed by atoms with Crippen molar-refractivity contribution in [1.29, 1.82) is 0 Å². The Balaban J connectivity index is 2.04. The molecule has 0 bridgehead atoms. The number of ether oxygens (including phenoxy) is 1. The van der Waals surface area contributed by atoms with Gasteiger partial charge in [-0.3, -0.25) is 0 Å². The number of nitrogens with two attached hydrogens (primary N) is 1. The molecule has 94 valence electrons. The van der Waals surface area contributed by atoms with Gasteiger partial charge >= 0.3 is 0 Å². The van der Waals surface area contributed by atoms with Gasteiger partial charge in [0.1, 0.15) is 0 Å². The van der Waals surface area contributed by atoms with Gasteiger partial charge < -0.3 is 10.5 Å². The Morgan fingerprint density at radius 3 is 2.71 bits per heavy atom. The van der Waals surface area contributed by atoms with E-state index >= 15 is 0 Å². The summed E-state index contributed by atoms with van der Waals surface area (Å²) in [6.45, 7) is 3.80. The first-order valence-electron chi connectivity index (χ1n) is 5.96. The Kier molecular flexibility index (Phi) is 4.91. The highest BCUT2D eigenvalue weighted by Gasteiger charge is 2.15. The first kappa shape index (κ1) is 13.4. The van der Waals surface area contributed by atoms with E-state index in [1.54, 1.807) is 0 Å². The molecule has 1 fully saturated rings. The summed E-state index contributed by atoms with van der Waals surface area (Å²) in [4.78, 5) is 1.31. The van der Waals surface area contributed by atoms with E-state index in [0.29, 0.717) is 5.25 Å². The molecule has 0 saturated carbocycles. The van der Waals surface area contributed by atoms with Gasteiger partial charge in [0, 0.05) is 33.9 Å². The first-order chi connectivity index (χ1) is 8.16. The third kappa shape index (κ3) is 3.71. The van der Waals surface area contributed by atoms with Crippen molar-refractivity contribution in [3.8, 4) is 0 Å². The van der Waals surface area contributed by atoms with Gasteiger partial charge in [0.2, 0.25) is 0 Å². The standard InChI is InChI=1S/C13H18BrNOS/c1-9(15)12-3-2-11(8-13(12)14)17-10-4-6-16-7-5-10/h2-3,8-10H,4-7,15H2,1H3/t9-/m0/s1. The summed E-state index contributed by atoms with van der Waals surface area (Å²) >= 11 is 5.54. The SMILES string of the molecule is C[C@H](N)c1ccc(SC2CCOCC2)cc1Br. The quantitative estimate of drug-likeness (QED) is 0.922. The van der Waals surface area contributed by atoms with Crippen LogP contribution in [0.25, 0.3) is 0 Å². The molecule has 0 radical (unpaired) electrons. The maximum absolute atomic E-state index is 5.90. The minimum absolute atomic E-state index is 0.0755. The van der Waals surface area contributed by atoms with Crippen molar-refractivity contribution in [1.82, 2.24) is 0 Å². The molecular formula is C13H18BrNOS. The Morgan fingerprint density at radius 1 is 1.41 bits per heavy atom. The van der Waals surface area contributed by atoms with Crippen molar-refractivity contribution in [3.05, 3.63) is 28.2 Å². The molecule has 1 aliphatic rings. The molecule has 1 aliphatic heterocycles. The van der Waals surface area contributed by atoms with Gasteiger partial charge in [-0.05, 0) is 37.5 Å². The van der Waals surface area contributed by atoms with Gasteiger partial charge in [0.15, 0.2) is 0 Å². The third-order valence-corrected chi connectivity index (χ3v) is 4.95. The van der Waals surface area contributed by atoms with Gasteiger partial charge in [-0.25, -0.2) is 0 Å². The topological polar surface area (TPSA) is 35.2 Å². The smallest absolute Gasteiger partial charge is 0.0476 e. The number of hydrogen-bond donors (Lipinski definition) is 1. The second-order valence-corrected chi connectivity index (χ2v) is 6.63. The van der Waals surface area contributed by atoms with Crippen molar-refractivity contribution < 1.29 is 4.74 Å². The van der Waals surface area contributed by atoms with E-state index in [-0.39, 0.29) is 6.04 Å². The molecule has 2 rings (SSSR count). The normalized spacial score (nSPS) is 19.2. The molecular weight excluding hydrogens is 298 g/mol. The zero-order valence-electron chi connectivity index (χ0n) is 9.99. The molecule has 0 amide bonds. The van der Waals surface area contributed by atoms with Crippen molar-refractivity contribution in [3.63, 3.8) is 0 Å². The van der Waals surface area contributed by atoms with E-state index in [4.69, 9.17) is 10.5 Å². The zero-order chi connectivity index (χ0) is 12.3. The van der Waals surface area contributed by atoms with Crippen LogP contribution in [-0.2, 0) is 4.74 Å². The van der Waals surface area contributed by atoms with Crippen LogP contribution in [0.5, 0.6) is 0 Å². The van der Waals surface area contributed by atoms with Crippen LogP contribution < -0.4 is 5.73 Å². The fraction of sp³-hybridized carbons (Fsp3) is 0.538. The molecule has 1 aromatic rings. The highest BCUT2D eigenvalue weighted by atomic mass is 79.9. The van der Waals surface area contributed by atoms with Gasteiger partial charge in [0.25, 0.3) is 0 Å². The molecule has 0 spiro atoms. The predicted octanol–water partition coefficient (Wildman–Crippen LogP) is 3.74. The summed E-state index contributed by atoms with van der Waals surface area (Å²) in [6, 6.07) is 6.55. The molecule has 1 aromatic carbocycles. The highest BCUT2D eigenvalue weighted by molar-refractivity contribution is 9.10. The van der Waals surface area contributed by atoms with Gasteiger partial charge in [-0.2, -0.15) is 0 Å². The Hall–Kier alpha value is -0.0300. The predicted molar refractivity (Wildman–Crippen MR) is 76.4 cm³/mol. The van der Waals surface area contributed by atoms with Crippen LogP contribution >= 0.6 is 27.7 Å². The van der Waals surface area contributed by atoms with Crippen LogP contribution in [0.2, 0.25) is 0 Å². The van der Waals surface area contributed by atoms with E-state index in [0.717, 1.165) is 30.5 Å². The summed E-state index contributed by atoms with van der Waals surface area (Å²) in [5.74, 6) is 0. The molecule has 4 heteroatoms.